The third kappa shape index (κ3) is 7.08. The van der Waals surface area contributed by atoms with E-state index in [0.29, 0.717) is 27.6 Å². The lowest BCUT2D eigenvalue weighted by Crippen LogP contribution is -2.31. The number of anilines is 1. The van der Waals surface area contributed by atoms with Crippen LogP contribution in [0.2, 0.25) is 5.02 Å². The molecule has 0 aromatic heterocycles. The molecule has 2 unspecified atom stereocenters. The summed E-state index contributed by atoms with van der Waals surface area (Å²) in [6.07, 6.45) is -1.35. The molecule has 0 radical (unpaired) electrons. The fraction of sp³-hybridized carbons (Fsp3) is 0.192. The molecule has 0 saturated heterocycles. The van der Waals surface area contributed by atoms with Crippen molar-refractivity contribution in [1.82, 2.24) is 5.32 Å². The average Bonchev–Trinajstić information content (AvgIpc) is 2.83. The molecule has 3 aromatic carbocycles. The number of hydrogen-bond acceptors (Lipinski definition) is 5. The lowest BCUT2D eigenvalue weighted by molar-refractivity contribution is -0.155. The molecule has 7 nitrogen and oxygen atoms in total. The molecule has 0 saturated carbocycles. The van der Waals surface area contributed by atoms with Gasteiger partial charge in [-0.15, -0.1) is 0 Å². The number of rotatable bonds is 9. The van der Waals surface area contributed by atoms with Crippen LogP contribution in [0.3, 0.4) is 0 Å². The average molecular weight is 481 g/mol. The number of halogens is 1. The Balaban J connectivity index is 1.77. The van der Waals surface area contributed by atoms with E-state index in [1.807, 2.05) is 0 Å². The van der Waals surface area contributed by atoms with Crippen LogP contribution < -0.4 is 15.4 Å². The maximum absolute atomic E-state index is 13.1. The Morgan fingerprint density at radius 3 is 2.12 bits per heavy atom. The van der Waals surface area contributed by atoms with E-state index >= 15 is 0 Å². The van der Waals surface area contributed by atoms with Crippen LogP contribution in [0.15, 0.2) is 78.9 Å². The van der Waals surface area contributed by atoms with Gasteiger partial charge in [-0.25, -0.2) is 0 Å². The number of amides is 2. The van der Waals surface area contributed by atoms with Gasteiger partial charge in [0.1, 0.15) is 5.75 Å². The van der Waals surface area contributed by atoms with Crippen molar-refractivity contribution in [2.75, 3.05) is 12.4 Å². The highest BCUT2D eigenvalue weighted by Crippen LogP contribution is 2.25. The summed E-state index contributed by atoms with van der Waals surface area (Å²) >= 11 is 5.95. The van der Waals surface area contributed by atoms with E-state index in [1.54, 1.807) is 86.0 Å². The minimum atomic E-state index is -1.18. The molecule has 8 heteroatoms. The van der Waals surface area contributed by atoms with E-state index in [1.165, 1.54) is 6.92 Å². The van der Waals surface area contributed by atoms with Crippen molar-refractivity contribution in [1.29, 1.82) is 0 Å². The summed E-state index contributed by atoms with van der Waals surface area (Å²) in [5.41, 5.74) is 1.74. The molecule has 0 aliphatic carbocycles. The van der Waals surface area contributed by atoms with Gasteiger partial charge in [-0.3, -0.25) is 14.4 Å². The fourth-order valence-corrected chi connectivity index (χ4v) is 3.45. The van der Waals surface area contributed by atoms with Gasteiger partial charge >= 0.3 is 5.97 Å². The molecule has 2 amide bonds. The Morgan fingerprint density at radius 2 is 1.53 bits per heavy atom. The second-order valence-electron chi connectivity index (χ2n) is 7.51. The highest BCUT2D eigenvalue weighted by molar-refractivity contribution is 6.30. The van der Waals surface area contributed by atoms with Crippen LogP contribution in [0, 0.1) is 0 Å². The third-order valence-corrected chi connectivity index (χ3v) is 5.22. The maximum Gasteiger partial charge on any atom is 0.309 e. The molecule has 0 aliphatic heterocycles. The van der Waals surface area contributed by atoms with Crippen molar-refractivity contribution in [3.8, 4) is 5.75 Å². The first-order valence-electron chi connectivity index (χ1n) is 10.6. The second kappa shape index (κ2) is 11.9. The lowest BCUT2D eigenvalue weighted by atomic mass is 10.0. The Labute approximate surface area is 203 Å². The molecular formula is C26H25ClN2O5. The van der Waals surface area contributed by atoms with E-state index in [9.17, 15) is 14.4 Å². The summed E-state index contributed by atoms with van der Waals surface area (Å²) in [7, 11) is 1.55. The molecule has 0 aliphatic rings. The van der Waals surface area contributed by atoms with Gasteiger partial charge in [-0.1, -0.05) is 54.1 Å². The van der Waals surface area contributed by atoms with E-state index in [-0.39, 0.29) is 12.3 Å². The predicted molar refractivity (Wildman–Crippen MR) is 130 cm³/mol. The van der Waals surface area contributed by atoms with Gasteiger partial charge in [0.2, 0.25) is 12.0 Å². The highest BCUT2D eigenvalue weighted by Gasteiger charge is 2.27. The van der Waals surface area contributed by atoms with E-state index in [2.05, 4.69) is 10.6 Å². The normalized spacial score (nSPS) is 12.2. The van der Waals surface area contributed by atoms with Crippen molar-refractivity contribution in [2.45, 2.75) is 25.5 Å². The summed E-state index contributed by atoms with van der Waals surface area (Å²) in [5.74, 6) is -0.806. The first-order chi connectivity index (χ1) is 16.4. The number of nitrogens with one attached hydrogen (secondary N) is 2. The van der Waals surface area contributed by atoms with Crippen molar-refractivity contribution >= 4 is 35.1 Å². The van der Waals surface area contributed by atoms with Gasteiger partial charge in [0.05, 0.1) is 19.6 Å². The number of benzene rings is 3. The van der Waals surface area contributed by atoms with E-state index in [4.69, 9.17) is 21.1 Å². The summed E-state index contributed by atoms with van der Waals surface area (Å²) in [6.45, 7) is 1.36. The van der Waals surface area contributed by atoms with Gasteiger partial charge in [0.25, 0.3) is 5.91 Å². The van der Waals surface area contributed by atoms with Gasteiger partial charge in [-0.2, -0.15) is 0 Å². The molecule has 3 aromatic rings. The summed E-state index contributed by atoms with van der Waals surface area (Å²) < 4.78 is 10.8. The van der Waals surface area contributed by atoms with Crippen LogP contribution in [0.5, 0.6) is 5.75 Å². The van der Waals surface area contributed by atoms with Crippen LogP contribution in [-0.4, -0.2) is 24.9 Å². The quantitative estimate of drug-likeness (QED) is 0.427. The van der Waals surface area contributed by atoms with Crippen molar-refractivity contribution in [3.05, 3.63) is 95.0 Å². The largest absolute Gasteiger partial charge is 0.497 e. The van der Waals surface area contributed by atoms with E-state index in [0.717, 1.165) is 0 Å². The van der Waals surface area contributed by atoms with Gasteiger partial charge in [0.15, 0.2) is 0 Å². The second-order valence-corrected chi connectivity index (χ2v) is 7.94. The van der Waals surface area contributed by atoms with Crippen LogP contribution in [-0.2, 0) is 19.1 Å². The number of ether oxygens (including phenoxy) is 2. The standard InChI is InChI=1S/C26H25ClN2O5/c1-17(30)28-23(18-8-10-20(27)11-9-18)16-24(31)34-25(19-6-4-3-5-7-19)26(32)29-21-12-14-22(33-2)15-13-21/h3-15,23,25H,16H2,1-2H3,(H,28,30)(H,29,32). The third-order valence-electron chi connectivity index (χ3n) is 4.97. The summed E-state index contributed by atoms with van der Waals surface area (Å²) in [6, 6.07) is 21.7. The zero-order valence-electron chi connectivity index (χ0n) is 18.8. The highest BCUT2D eigenvalue weighted by atomic mass is 35.5. The summed E-state index contributed by atoms with van der Waals surface area (Å²) in [4.78, 5) is 37.7. The van der Waals surface area contributed by atoms with Crippen LogP contribution in [0.4, 0.5) is 5.69 Å². The Bertz CT molecular complexity index is 1120. The first kappa shape index (κ1) is 24.8. The monoisotopic (exact) mass is 480 g/mol. The number of esters is 1. The fourth-order valence-electron chi connectivity index (χ4n) is 3.32. The smallest absolute Gasteiger partial charge is 0.309 e. The molecule has 34 heavy (non-hydrogen) atoms. The summed E-state index contributed by atoms with van der Waals surface area (Å²) in [5, 5.41) is 6.04. The van der Waals surface area contributed by atoms with Crippen molar-refractivity contribution in [2.24, 2.45) is 0 Å². The Morgan fingerprint density at radius 1 is 0.882 bits per heavy atom. The minimum Gasteiger partial charge on any atom is -0.497 e. The molecule has 0 fully saturated rings. The molecule has 0 heterocycles. The van der Waals surface area contributed by atoms with E-state index < -0.39 is 24.0 Å². The SMILES string of the molecule is COc1ccc(NC(=O)C(OC(=O)CC(NC(C)=O)c2ccc(Cl)cc2)c2ccccc2)cc1. The Hall–Kier alpha value is -3.84. The van der Waals surface area contributed by atoms with Crippen LogP contribution in [0.25, 0.3) is 0 Å². The lowest BCUT2D eigenvalue weighted by Gasteiger charge is -2.21. The topological polar surface area (TPSA) is 93.7 Å². The van der Waals surface area contributed by atoms with Gasteiger partial charge in [0, 0.05) is 23.2 Å². The zero-order valence-corrected chi connectivity index (χ0v) is 19.5. The minimum absolute atomic E-state index is 0.166. The maximum atomic E-state index is 13.1. The number of carbonyl (C=O) groups is 3. The predicted octanol–water partition coefficient (Wildman–Crippen LogP) is 4.84. The van der Waals surface area contributed by atoms with Crippen LogP contribution >= 0.6 is 11.6 Å². The molecule has 2 atom stereocenters. The molecular weight excluding hydrogens is 456 g/mol. The molecule has 3 rings (SSSR count). The van der Waals surface area contributed by atoms with Gasteiger partial charge in [-0.05, 0) is 42.0 Å². The zero-order chi connectivity index (χ0) is 24.5. The molecule has 2 N–H and O–H groups in total. The first-order valence-corrected chi connectivity index (χ1v) is 11.0. The van der Waals surface area contributed by atoms with Crippen LogP contribution in [0.1, 0.15) is 36.6 Å². The number of carbonyl (C=O) groups excluding carboxylic acids is 3. The van der Waals surface area contributed by atoms with Crippen molar-refractivity contribution in [3.63, 3.8) is 0 Å². The van der Waals surface area contributed by atoms with Crippen molar-refractivity contribution < 1.29 is 23.9 Å². The number of methoxy groups -OCH3 is 1. The molecule has 0 bridgehead atoms. The Kier molecular flexibility index (Phi) is 8.65. The molecule has 0 spiro atoms. The van der Waals surface area contributed by atoms with Gasteiger partial charge < -0.3 is 20.1 Å². The number of hydrogen-bond donors (Lipinski definition) is 2. The molecule has 176 valence electrons.